The zero-order chi connectivity index (χ0) is 25.4. The van der Waals surface area contributed by atoms with Gasteiger partial charge < -0.3 is 10.6 Å². The van der Waals surface area contributed by atoms with Crippen molar-refractivity contribution in [1.29, 1.82) is 0 Å². The van der Waals surface area contributed by atoms with E-state index in [2.05, 4.69) is 22.7 Å². The van der Waals surface area contributed by atoms with E-state index in [0.29, 0.717) is 27.8 Å². The van der Waals surface area contributed by atoms with Crippen molar-refractivity contribution in [3.63, 3.8) is 0 Å². The van der Waals surface area contributed by atoms with E-state index in [1.807, 2.05) is 5.32 Å². The second kappa shape index (κ2) is 11.7. The molecule has 2 aromatic carbocycles. The number of hydrogen-bond acceptors (Lipinski definition) is 3. The van der Waals surface area contributed by atoms with E-state index in [1.54, 1.807) is 59.3 Å². The average molecular weight is 508 g/mol. The normalized spacial score (nSPS) is 11.2. The molecule has 0 aliphatic heterocycles. The monoisotopic (exact) mass is 507 g/mol. The number of carbonyl (C=O) groups excluding carboxylic acids is 2. The Morgan fingerprint density at radius 2 is 1.77 bits per heavy atom. The predicted molar refractivity (Wildman–Crippen MR) is 129 cm³/mol. The Hall–Kier alpha value is -3.53. The SMILES string of the molecule is CCCCc1cc(NC(=O)Nc2ccc(Cl)cc2)n(-c2cccc(CCNC(=O)C(F)(F)F)c2)n1. The maximum atomic E-state index is 12.6. The van der Waals surface area contributed by atoms with Gasteiger partial charge in [-0.2, -0.15) is 18.3 Å². The van der Waals surface area contributed by atoms with E-state index in [0.717, 1.165) is 25.0 Å². The molecule has 11 heteroatoms. The standard InChI is InChI=1S/C24H25ClF3N5O2/c1-2-3-6-19-15-21(31-23(35)30-18-10-8-17(25)9-11-18)33(32-19)20-7-4-5-16(14-20)12-13-29-22(34)24(26,27)28/h4-5,7-11,14-15H,2-3,6,12-13H2,1H3,(H,29,34)(H2,30,31,35). The Bertz CT molecular complexity index is 1160. The van der Waals surface area contributed by atoms with Crippen molar-refractivity contribution >= 4 is 35.0 Å². The number of urea groups is 1. The predicted octanol–water partition coefficient (Wildman–Crippen LogP) is 5.73. The summed E-state index contributed by atoms with van der Waals surface area (Å²) in [5.74, 6) is -1.54. The maximum Gasteiger partial charge on any atom is 0.471 e. The highest BCUT2D eigenvalue weighted by Crippen LogP contribution is 2.21. The van der Waals surface area contributed by atoms with Gasteiger partial charge in [-0.25, -0.2) is 9.48 Å². The third-order valence-corrected chi connectivity index (χ3v) is 5.25. The number of amides is 3. The first-order valence-electron chi connectivity index (χ1n) is 11.0. The van der Waals surface area contributed by atoms with E-state index < -0.39 is 18.1 Å². The quantitative estimate of drug-likeness (QED) is 0.345. The summed E-state index contributed by atoms with van der Waals surface area (Å²) in [4.78, 5) is 23.6. The number of carbonyl (C=O) groups is 2. The van der Waals surface area contributed by atoms with Gasteiger partial charge in [0.05, 0.1) is 11.4 Å². The molecule has 0 fully saturated rings. The van der Waals surface area contributed by atoms with Crippen LogP contribution in [0, 0.1) is 0 Å². The molecular weight excluding hydrogens is 483 g/mol. The number of unbranched alkanes of at least 4 members (excludes halogenated alkanes) is 1. The van der Waals surface area contributed by atoms with E-state index in [1.165, 1.54) is 0 Å². The Kier molecular flexibility index (Phi) is 8.75. The summed E-state index contributed by atoms with van der Waals surface area (Å²) in [7, 11) is 0. The third-order valence-electron chi connectivity index (χ3n) is 5.00. The van der Waals surface area contributed by atoms with Crippen molar-refractivity contribution in [3.8, 4) is 5.69 Å². The fraction of sp³-hybridized carbons (Fsp3) is 0.292. The maximum absolute atomic E-state index is 12.6. The number of nitrogens with zero attached hydrogens (tertiary/aromatic N) is 2. The summed E-state index contributed by atoms with van der Waals surface area (Å²) in [6.45, 7) is 1.90. The summed E-state index contributed by atoms with van der Waals surface area (Å²) >= 11 is 5.88. The minimum absolute atomic E-state index is 0.169. The number of rotatable bonds is 9. The third kappa shape index (κ3) is 7.74. The zero-order valence-corrected chi connectivity index (χ0v) is 19.7. The molecule has 7 nitrogen and oxygen atoms in total. The summed E-state index contributed by atoms with van der Waals surface area (Å²) in [6.07, 6.45) is -2.10. The van der Waals surface area contributed by atoms with Crippen LogP contribution in [0.15, 0.2) is 54.6 Å². The largest absolute Gasteiger partial charge is 0.471 e. The molecule has 0 saturated carbocycles. The topological polar surface area (TPSA) is 88.0 Å². The number of aryl methyl sites for hydroxylation is 1. The van der Waals surface area contributed by atoms with E-state index in [4.69, 9.17) is 11.6 Å². The van der Waals surface area contributed by atoms with Crippen LogP contribution in [-0.2, 0) is 17.6 Å². The molecule has 1 aromatic heterocycles. The number of hydrogen-bond donors (Lipinski definition) is 3. The first-order valence-corrected chi connectivity index (χ1v) is 11.4. The lowest BCUT2D eigenvalue weighted by molar-refractivity contribution is -0.173. The van der Waals surface area contributed by atoms with Crippen LogP contribution in [0.3, 0.4) is 0 Å². The molecule has 3 aromatic rings. The lowest BCUT2D eigenvalue weighted by Gasteiger charge is -2.12. The Morgan fingerprint density at radius 3 is 2.46 bits per heavy atom. The van der Waals surface area contributed by atoms with Crippen molar-refractivity contribution in [1.82, 2.24) is 15.1 Å². The number of alkyl halides is 3. The van der Waals surface area contributed by atoms with Crippen LogP contribution >= 0.6 is 11.6 Å². The van der Waals surface area contributed by atoms with E-state index >= 15 is 0 Å². The minimum Gasteiger partial charge on any atom is -0.348 e. The second-order valence-corrected chi connectivity index (χ2v) is 8.23. The molecule has 0 bridgehead atoms. The average Bonchev–Trinajstić information content (AvgIpc) is 3.21. The van der Waals surface area contributed by atoms with Crippen molar-refractivity contribution in [3.05, 3.63) is 70.9 Å². The highest BCUT2D eigenvalue weighted by Gasteiger charge is 2.38. The van der Waals surface area contributed by atoms with Crippen LogP contribution < -0.4 is 16.0 Å². The number of nitrogens with one attached hydrogen (secondary N) is 3. The highest BCUT2D eigenvalue weighted by atomic mass is 35.5. The molecule has 3 amide bonds. The Labute approximate surface area is 205 Å². The Balaban J connectivity index is 1.76. The van der Waals surface area contributed by atoms with Crippen LogP contribution in [0.25, 0.3) is 5.69 Å². The number of anilines is 2. The molecular formula is C24H25ClF3N5O2. The molecule has 0 aliphatic carbocycles. The lowest BCUT2D eigenvalue weighted by atomic mass is 10.1. The number of benzene rings is 2. The van der Waals surface area contributed by atoms with Gasteiger partial charge in [-0.05, 0) is 61.2 Å². The van der Waals surface area contributed by atoms with Crippen molar-refractivity contribution < 1.29 is 22.8 Å². The van der Waals surface area contributed by atoms with Crippen molar-refractivity contribution in [2.75, 3.05) is 17.2 Å². The van der Waals surface area contributed by atoms with Gasteiger partial charge in [0, 0.05) is 23.3 Å². The first-order chi connectivity index (χ1) is 16.7. The molecule has 186 valence electrons. The molecule has 3 rings (SSSR count). The molecule has 35 heavy (non-hydrogen) atoms. The van der Waals surface area contributed by atoms with Crippen molar-refractivity contribution in [2.24, 2.45) is 0 Å². The van der Waals surface area contributed by atoms with Gasteiger partial charge in [0.25, 0.3) is 0 Å². The van der Waals surface area contributed by atoms with Crippen LogP contribution in [0.2, 0.25) is 5.02 Å². The van der Waals surface area contributed by atoms with Gasteiger partial charge in [0.1, 0.15) is 5.82 Å². The number of halogens is 4. The molecule has 0 spiro atoms. The highest BCUT2D eigenvalue weighted by molar-refractivity contribution is 6.30. The van der Waals surface area contributed by atoms with E-state index in [9.17, 15) is 22.8 Å². The molecule has 0 unspecified atom stereocenters. The minimum atomic E-state index is -4.92. The molecule has 0 atom stereocenters. The summed E-state index contributed by atoms with van der Waals surface area (Å²) < 4.78 is 38.7. The number of aromatic nitrogens is 2. The van der Waals surface area contributed by atoms with Crippen LogP contribution in [0.1, 0.15) is 31.0 Å². The summed E-state index contributed by atoms with van der Waals surface area (Å²) in [5, 5.41) is 12.5. The molecule has 0 radical (unpaired) electrons. The van der Waals surface area contributed by atoms with Gasteiger partial charge in [0.2, 0.25) is 0 Å². The van der Waals surface area contributed by atoms with Gasteiger partial charge >= 0.3 is 18.1 Å². The van der Waals surface area contributed by atoms with Crippen molar-refractivity contribution in [2.45, 2.75) is 38.8 Å². The molecule has 1 heterocycles. The fourth-order valence-electron chi connectivity index (χ4n) is 3.27. The van der Waals surface area contributed by atoms with Gasteiger partial charge in [-0.15, -0.1) is 0 Å². The van der Waals surface area contributed by atoms with E-state index in [-0.39, 0.29) is 13.0 Å². The van der Waals surface area contributed by atoms with Gasteiger partial charge in [-0.3, -0.25) is 10.1 Å². The van der Waals surface area contributed by atoms with Crippen LogP contribution in [0.4, 0.5) is 29.5 Å². The van der Waals surface area contributed by atoms with Crippen LogP contribution in [-0.4, -0.2) is 34.4 Å². The zero-order valence-electron chi connectivity index (χ0n) is 19.0. The molecule has 0 saturated heterocycles. The Morgan fingerprint density at radius 1 is 1.03 bits per heavy atom. The lowest BCUT2D eigenvalue weighted by Crippen LogP contribution is -2.37. The second-order valence-electron chi connectivity index (χ2n) is 7.80. The fourth-order valence-corrected chi connectivity index (χ4v) is 3.40. The summed E-state index contributed by atoms with van der Waals surface area (Å²) in [5.41, 5.74) is 2.67. The molecule has 0 aliphatic rings. The van der Waals surface area contributed by atoms with Gasteiger partial charge in [-0.1, -0.05) is 37.1 Å². The van der Waals surface area contributed by atoms with Crippen LogP contribution in [0.5, 0.6) is 0 Å². The smallest absolute Gasteiger partial charge is 0.348 e. The first kappa shape index (κ1) is 26.1. The van der Waals surface area contributed by atoms with Gasteiger partial charge in [0.15, 0.2) is 0 Å². The molecule has 3 N–H and O–H groups in total. The summed E-state index contributed by atoms with van der Waals surface area (Å²) in [6, 6.07) is 15.0.